The first-order valence-electron chi connectivity index (χ1n) is 6.54. The van der Waals surface area contributed by atoms with E-state index in [0.29, 0.717) is 17.5 Å². The fourth-order valence-corrected chi connectivity index (χ4v) is 3.10. The van der Waals surface area contributed by atoms with Crippen molar-refractivity contribution in [3.63, 3.8) is 0 Å². The molecule has 104 valence electrons. The van der Waals surface area contributed by atoms with Crippen molar-refractivity contribution in [2.75, 3.05) is 18.6 Å². The summed E-state index contributed by atoms with van der Waals surface area (Å²) >= 11 is 1.48. The normalized spacial score (nSPS) is 15.4. The van der Waals surface area contributed by atoms with Crippen LogP contribution in [-0.2, 0) is 4.79 Å². The molecule has 0 aromatic heterocycles. The van der Waals surface area contributed by atoms with E-state index in [1.807, 2.05) is 12.1 Å². The van der Waals surface area contributed by atoms with Crippen molar-refractivity contribution < 1.29 is 9.53 Å². The maximum atomic E-state index is 11.8. The molecule has 1 aromatic carbocycles. The van der Waals surface area contributed by atoms with E-state index in [0.717, 1.165) is 23.5 Å². The number of ether oxygens (including phenoxy) is 1. The van der Waals surface area contributed by atoms with Crippen LogP contribution >= 0.6 is 11.8 Å². The number of anilines is 1. The molecule has 3 N–H and O–H groups in total. The summed E-state index contributed by atoms with van der Waals surface area (Å²) in [6, 6.07) is 5.86. The lowest BCUT2D eigenvalue weighted by Gasteiger charge is -2.12. The number of hydrogen-bond donors (Lipinski definition) is 2. The number of carbonyl (C=O) groups excluding carboxylic acids is 1. The summed E-state index contributed by atoms with van der Waals surface area (Å²) < 4.78 is 5.26. The minimum atomic E-state index is 0.0933. The van der Waals surface area contributed by atoms with Gasteiger partial charge in [0, 0.05) is 22.7 Å². The molecule has 0 radical (unpaired) electrons. The average Bonchev–Trinajstić information content (AvgIpc) is 2.90. The highest BCUT2D eigenvalue weighted by Gasteiger charge is 2.17. The Bertz CT molecular complexity index is 445. The number of nitrogen functional groups attached to an aromatic ring is 1. The van der Waals surface area contributed by atoms with E-state index in [9.17, 15) is 4.79 Å². The van der Waals surface area contributed by atoms with Crippen LogP contribution in [0.15, 0.2) is 23.1 Å². The van der Waals surface area contributed by atoms with Crippen LogP contribution in [0.4, 0.5) is 5.69 Å². The second-order valence-corrected chi connectivity index (χ2v) is 5.77. The van der Waals surface area contributed by atoms with E-state index in [4.69, 9.17) is 10.5 Å². The van der Waals surface area contributed by atoms with E-state index in [-0.39, 0.29) is 5.91 Å². The van der Waals surface area contributed by atoms with Gasteiger partial charge >= 0.3 is 0 Å². The quantitative estimate of drug-likeness (QED) is 0.642. The Morgan fingerprint density at radius 2 is 2.21 bits per heavy atom. The molecule has 0 saturated heterocycles. The third kappa shape index (κ3) is 4.06. The molecule has 1 amide bonds. The fourth-order valence-electron chi connectivity index (χ4n) is 2.29. The molecule has 5 heteroatoms. The van der Waals surface area contributed by atoms with Crippen molar-refractivity contribution in [3.05, 3.63) is 18.2 Å². The predicted octanol–water partition coefficient (Wildman–Crippen LogP) is 2.43. The molecule has 0 aliphatic heterocycles. The zero-order valence-electron chi connectivity index (χ0n) is 11.1. The van der Waals surface area contributed by atoms with Gasteiger partial charge < -0.3 is 15.8 Å². The largest absolute Gasteiger partial charge is 0.496 e. The van der Waals surface area contributed by atoms with Gasteiger partial charge in [-0.2, -0.15) is 0 Å². The molecule has 1 saturated carbocycles. The Kier molecular flexibility index (Phi) is 4.96. The minimum absolute atomic E-state index is 0.0933. The number of thioether (sulfide) groups is 1. The van der Waals surface area contributed by atoms with Gasteiger partial charge in [-0.3, -0.25) is 4.79 Å². The Labute approximate surface area is 118 Å². The van der Waals surface area contributed by atoms with Crippen LogP contribution in [0, 0.1) is 0 Å². The first kappa shape index (κ1) is 14.1. The van der Waals surface area contributed by atoms with Crippen molar-refractivity contribution in [3.8, 4) is 5.75 Å². The van der Waals surface area contributed by atoms with Crippen LogP contribution in [0.5, 0.6) is 5.75 Å². The summed E-state index contributed by atoms with van der Waals surface area (Å²) in [4.78, 5) is 12.8. The lowest BCUT2D eigenvalue weighted by Crippen LogP contribution is -2.33. The van der Waals surface area contributed by atoms with Crippen molar-refractivity contribution in [2.45, 2.75) is 36.6 Å². The summed E-state index contributed by atoms with van der Waals surface area (Å²) in [6.07, 6.45) is 4.68. The molecule has 1 aromatic rings. The maximum Gasteiger partial charge on any atom is 0.230 e. The SMILES string of the molecule is COc1cc(N)ccc1SCC(=O)NC1CCCC1. The third-order valence-electron chi connectivity index (χ3n) is 3.27. The molecule has 19 heavy (non-hydrogen) atoms. The first-order valence-corrected chi connectivity index (χ1v) is 7.53. The third-order valence-corrected chi connectivity index (χ3v) is 4.32. The molecule has 0 heterocycles. The van der Waals surface area contributed by atoms with E-state index < -0.39 is 0 Å². The van der Waals surface area contributed by atoms with Crippen LogP contribution in [0.3, 0.4) is 0 Å². The van der Waals surface area contributed by atoms with E-state index in [1.54, 1.807) is 13.2 Å². The van der Waals surface area contributed by atoms with Crippen LogP contribution in [0.25, 0.3) is 0 Å². The van der Waals surface area contributed by atoms with Gasteiger partial charge in [-0.05, 0) is 25.0 Å². The number of amides is 1. The zero-order valence-corrected chi connectivity index (χ0v) is 12.0. The smallest absolute Gasteiger partial charge is 0.230 e. The van der Waals surface area contributed by atoms with E-state index in [2.05, 4.69) is 5.32 Å². The average molecular weight is 280 g/mol. The summed E-state index contributed by atoms with van der Waals surface area (Å²) in [5, 5.41) is 3.07. The Morgan fingerprint density at radius 1 is 1.47 bits per heavy atom. The molecule has 2 rings (SSSR count). The lowest BCUT2D eigenvalue weighted by atomic mass is 10.2. The Morgan fingerprint density at radius 3 is 2.89 bits per heavy atom. The van der Waals surface area contributed by atoms with Crippen LogP contribution in [0.1, 0.15) is 25.7 Å². The van der Waals surface area contributed by atoms with Crippen molar-refractivity contribution in [2.24, 2.45) is 0 Å². The first-order chi connectivity index (χ1) is 9.19. The number of benzene rings is 1. The van der Waals surface area contributed by atoms with Gasteiger partial charge in [0.05, 0.1) is 12.9 Å². The van der Waals surface area contributed by atoms with Crippen LogP contribution < -0.4 is 15.8 Å². The monoisotopic (exact) mass is 280 g/mol. The Hall–Kier alpha value is -1.36. The summed E-state index contributed by atoms with van der Waals surface area (Å²) in [6.45, 7) is 0. The number of nitrogens with two attached hydrogens (primary N) is 1. The lowest BCUT2D eigenvalue weighted by molar-refractivity contribution is -0.119. The fraction of sp³-hybridized carbons (Fsp3) is 0.500. The molecular formula is C14H20N2O2S. The highest BCUT2D eigenvalue weighted by Crippen LogP contribution is 2.30. The summed E-state index contributed by atoms with van der Waals surface area (Å²) in [5.41, 5.74) is 6.36. The molecule has 4 nitrogen and oxygen atoms in total. The van der Waals surface area contributed by atoms with Crippen molar-refractivity contribution >= 4 is 23.4 Å². The zero-order chi connectivity index (χ0) is 13.7. The van der Waals surface area contributed by atoms with Crippen molar-refractivity contribution in [1.82, 2.24) is 5.32 Å². The molecule has 0 unspecified atom stereocenters. The molecule has 1 fully saturated rings. The number of hydrogen-bond acceptors (Lipinski definition) is 4. The highest BCUT2D eigenvalue weighted by molar-refractivity contribution is 8.00. The molecular weight excluding hydrogens is 260 g/mol. The van der Waals surface area contributed by atoms with Gasteiger partial charge in [-0.25, -0.2) is 0 Å². The van der Waals surface area contributed by atoms with Crippen molar-refractivity contribution in [1.29, 1.82) is 0 Å². The van der Waals surface area contributed by atoms with Gasteiger partial charge in [-0.15, -0.1) is 11.8 Å². The molecule has 1 aliphatic rings. The van der Waals surface area contributed by atoms with E-state index >= 15 is 0 Å². The summed E-state index contributed by atoms with van der Waals surface area (Å²) in [5.74, 6) is 1.23. The minimum Gasteiger partial charge on any atom is -0.496 e. The van der Waals surface area contributed by atoms with Crippen LogP contribution in [-0.4, -0.2) is 24.8 Å². The van der Waals surface area contributed by atoms with Gasteiger partial charge in [0.15, 0.2) is 0 Å². The van der Waals surface area contributed by atoms with Gasteiger partial charge in [0.25, 0.3) is 0 Å². The second-order valence-electron chi connectivity index (χ2n) is 4.75. The number of nitrogens with one attached hydrogen (secondary N) is 1. The Balaban J connectivity index is 1.85. The van der Waals surface area contributed by atoms with Gasteiger partial charge in [-0.1, -0.05) is 12.8 Å². The number of rotatable bonds is 5. The summed E-state index contributed by atoms with van der Waals surface area (Å²) in [7, 11) is 1.61. The topological polar surface area (TPSA) is 64.3 Å². The van der Waals surface area contributed by atoms with Crippen LogP contribution in [0.2, 0.25) is 0 Å². The maximum absolute atomic E-state index is 11.8. The molecule has 0 bridgehead atoms. The second kappa shape index (κ2) is 6.70. The molecule has 1 aliphatic carbocycles. The number of carbonyl (C=O) groups is 1. The van der Waals surface area contributed by atoms with Gasteiger partial charge in [0.1, 0.15) is 5.75 Å². The molecule has 0 atom stereocenters. The van der Waals surface area contributed by atoms with E-state index in [1.165, 1.54) is 24.6 Å². The standard InChI is InChI=1S/C14H20N2O2S/c1-18-12-8-10(15)6-7-13(12)19-9-14(17)16-11-4-2-3-5-11/h6-8,11H,2-5,9,15H2,1H3,(H,16,17). The highest BCUT2D eigenvalue weighted by atomic mass is 32.2. The molecule has 0 spiro atoms. The predicted molar refractivity (Wildman–Crippen MR) is 78.5 cm³/mol. The van der Waals surface area contributed by atoms with Gasteiger partial charge in [0.2, 0.25) is 5.91 Å². The number of methoxy groups -OCH3 is 1.